The van der Waals surface area contributed by atoms with E-state index in [2.05, 4.69) is 10.3 Å². The minimum atomic E-state index is -0.334. The highest BCUT2D eigenvalue weighted by atomic mass is 16.5. The standard InChI is InChI=1S/C15H19N3O2/c1-20-15(19)13-5-2-6-14-17-12(10-18(13)14)8-11-4-3-7-16-9-11/h2,5-6,10-11,16H,3-4,7-9H2,1H3. The van der Waals surface area contributed by atoms with Crippen molar-refractivity contribution in [2.45, 2.75) is 19.3 Å². The van der Waals surface area contributed by atoms with Crippen molar-refractivity contribution in [3.63, 3.8) is 0 Å². The van der Waals surface area contributed by atoms with E-state index in [1.165, 1.54) is 20.0 Å². The third-order valence-electron chi connectivity index (χ3n) is 3.83. The van der Waals surface area contributed by atoms with Gasteiger partial charge in [0.1, 0.15) is 11.3 Å². The van der Waals surface area contributed by atoms with Crippen molar-refractivity contribution in [3.05, 3.63) is 35.8 Å². The lowest BCUT2D eigenvalue weighted by Gasteiger charge is -2.21. The monoisotopic (exact) mass is 273 g/mol. The number of imidazole rings is 1. The lowest BCUT2D eigenvalue weighted by Crippen LogP contribution is -2.30. The van der Waals surface area contributed by atoms with E-state index in [1.807, 2.05) is 22.7 Å². The zero-order valence-corrected chi connectivity index (χ0v) is 11.6. The van der Waals surface area contributed by atoms with Crippen molar-refractivity contribution in [3.8, 4) is 0 Å². The van der Waals surface area contributed by atoms with Gasteiger partial charge in [-0.1, -0.05) is 6.07 Å². The summed E-state index contributed by atoms with van der Waals surface area (Å²) in [5, 5.41) is 3.42. The Kier molecular flexibility index (Phi) is 3.69. The smallest absolute Gasteiger partial charge is 0.355 e. The maximum absolute atomic E-state index is 11.7. The Hall–Kier alpha value is -1.88. The first-order valence-electron chi connectivity index (χ1n) is 7.04. The molecule has 0 bridgehead atoms. The quantitative estimate of drug-likeness (QED) is 0.864. The van der Waals surface area contributed by atoms with Crippen molar-refractivity contribution in [2.75, 3.05) is 20.2 Å². The summed E-state index contributed by atoms with van der Waals surface area (Å²) in [6.45, 7) is 2.17. The van der Waals surface area contributed by atoms with Crippen LogP contribution in [0.4, 0.5) is 0 Å². The number of methoxy groups -OCH3 is 1. The molecule has 0 spiro atoms. The van der Waals surface area contributed by atoms with E-state index in [0.29, 0.717) is 11.6 Å². The highest BCUT2D eigenvalue weighted by molar-refractivity contribution is 5.88. The second-order valence-electron chi connectivity index (χ2n) is 5.28. The Labute approximate surface area is 118 Å². The molecule has 2 aromatic heterocycles. The van der Waals surface area contributed by atoms with Crippen LogP contribution in [0.3, 0.4) is 0 Å². The summed E-state index contributed by atoms with van der Waals surface area (Å²) in [7, 11) is 1.40. The molecule has 2 aromatic rings. The van der Waals surface area contributed by atoms with E-state index < -0.39 is 0 Å². The molecule has 1 atom stereocenters. The second kappa shape index (κ2) is 5.63. The maximum atomic E-state index is 11.7. The zero-order valence-electron chi connectivity index (χ0n) is 11.6. The van der Waals surface area contributed by atoms with Gasteiger partial charge in [0.2, 0.25) is 0 Å². The fraction of sp³-hybridized carbons (Fsp3) is 0.467. The molecule has 106 valence electrons. The predicted octanol–water partition coefficient (Wildman–Crippen LogP) is 1.66. The van der Waals surface area contributed by atoms with E-state index in [4.69, 9.17) is 4.74 Å². The van der Waals surface area contributed by atoms with Crippen molar-refractivity contribution >= 4 is 11.6 Å². The molecule has 0 radical (unpaired) electrons. The number of carbonyl (C=O) groups excluding carboxylic acids is 1. The fourth-order valence-corrected chi connectivity index (χ4v) is 2.82. The third kappa shape index (κ3) is 2.54. The van der Waals surface area contributed by atoms with E-state index in [0.717, 1.165) is 30.9 Å². The summed E-state index contributed by atoms with van der Waals surface area (Å²) >= 11 is 0. The topological polar surface area (TPSA) is 55.6 Å². The van der Waals surface area contributed by atoms with E-state index >= 15 is 0 Å². The molecule has 20 heavy (non-hydrogen) atoms. The molecule has 5 nitrogen and oxygen atoms in total. The number of nitrogens with zero attached hydrogens (tertiary/aromatic N) is 2. The first-order valence-corrected chi connectivity index (χ1v) is 7.04. The Balaban J connectivity index is 1.88. The van der Waals surface area contributed by atoms with Gasteiger partial charge in [-0.3, -0.25) is 4.40 Å². The number of pyridine rings is 1. The summed E-state index contributed by atoms with van der Waals surface area (Å²) in [5.74, 6) is 0.300. The Morgan fingerprint density at radius 1 is 1.55 bits per heavy atom. The van der Waals surface area contributed by atoms with Crippen LogP contribution in [0, 0.1) is 5.92 Å². The number of esters is 1. The Morgan fingerprint density at radius 2 is 2.45 bits per heavy atom. The minimum Gasteiger partial charge on any atom is -0.464 e. The van der Waals surface area contributed by atoms with Crippen molar-refractivity contribution in [1.82, 2.24) is 14.7 Å². The molecule has 1 unspecified atom stereocenters. The van der Waals surface area contributed by atoms with Gasteiger partial charge in [-0.25, -0.2) is 9.78 Å². The SMILES string of the molecule is COC(=O)c1cccc2nc(CC3CCCNC3)cn12. The van der Waals surface area contributed by atoms with E-state index in [9.17, 15) is 4.79 Å². The fourth-order valence-electron chi connectivity index (χ4n) is 2.82. The molecule has 1 N–H and O–H groups in total. The maximum Gasteiger partial charge on any atom is 0.355 e. The van der Waals surface area contributed by atoms with Gasteiger partial charge in [0.05, 0.1) is 12.8 Å². The molecule has 1 saturated heterocycles. The molecule has 1 fully saturated rings. The number of piperidine rings is 1. The molecule has 0 aliphatic carbocycles. The van der Waals surface area contributed by atoms with Gasteiger partial charge >= 0.3 is 5.97 Å². The summed E-state index contributed by atoms with van der Waals surface area (Å²) in [5.41, 5.74) is 2.35. The lowest BCUT2D eigenvalue weighted by molar-refractivity contribution is 0.0592. The van der Waals surface area contributed by atoms with Gasteiger partial charge < -0.3 is 10.1 Å². The van der Waals surface area contributed by atoms with Crippen LogP contribution in [0.1, 0.15) is 29.0 Å². The predicted molar refractivity (Wildman–Crippen MR) is 75.8 cm³/mol. The molecule has 1 aliphatic heterocycles. The molecule has 0 amide bonds. The number of hydrogen-bond acceptors (Lipinski definition) is 4. The number of rotatable bonds is 3. The average Bonchev–Trinajstić information content (AvgIpc) is 2.89. The lowest BCUT2D eigenvalue weighted by atomic mass is 9.95. The van der Waals surface area contributed by atoms with Crippen LogP contribution in [0.25, 0.3) is 5.65 Å². The normalized spacial score (nSPS) is 19.1. The van der Waals surface area contributed by atoms with Crippen molar-refractivity contribution in [2.24, 2.45) is 5.92 Å². The Morgan fingerprint density at radius 3 is 3.20 bits per heavy atom. The van der Waals surface area contributed by atoms with Gasteiger partial charge in [0.15, 0.2) is 0 Å². The average molecular weight is 273 g/mol. The highest BCUT2D eigenvalue weighted by Gasteiger charge is 2.17. The van der Waals surface area contributed by atoms with Gasteiger partial charge in [-0.15, -0.1) is 0 Å². The van der Waals surface area contributed by atoms with E-state index in [-0.39, 0.29) is 5.97 Å². The van der Waals surface area contributed by atoms with Crippen LogP contribution in [-0.4, -0.2) is 35.6 Å². The van der Waals surface area contributed by atoms with Crippen molar-refractivity contribution < 1.29 is 9.53 Å². The van der Waals surface area contributed by atoms with Crippen LogP contribution in [0.2, 0.25) is 0 Å². The molecule has 1 aliphatic rings. The van der Waals surface area contributed by atoms with Crippen LogP contribution >= 0.6 is 0 Å². The van der Waals surface area contributed by atoms with Gasteiger partial charge in [0.25, 0.3) is 0 Å². The molecule has 5 heteroatoms. The number of hydrogen-bond donors (Lipinski definition) is 1. The number of ether oxygens (including phenoxy) is 1. The number of fused-ring (bicyclic) bond motifs is 1. The molecule has 0 aromatic carbocycles. The van der Waals surface area contributed by atoms with Crippen LogP contribution in [0.15, 0.2) is 24.4 Å². The van der Waals surface area contributed by atoms with Gasteiger partial charge in [-0.05, 0) is 50.4 Å². The first-order chi connectivity index (χ1) is 9.78. The number of nitrogens with one attached hydrogen (secondary N) is 1. The van der Waals surface area contributed by atoms with Crippen molar-refractivity contribution in [1.29, 1.82) is 0 Å². The third-order valence-corrected chi connectivity index (χ3v) is 3.83. The number of carbonyl (C=O) groups is 1. The summed E-state index contributed by atoms with van der Waals surface area (Å²) < 4.78 is 6.62. The van der Waals surface area contributed by atoms with E-state index in [1.54, 1.807) is 6.07 Å². The summed E-state index contributed by atoms with van der Waals surface area (Å²) in [6, 6.07) is 5.50. The molecular weight excluding hydrogens is 254 g/mol. The summed E-state index contributed by atoms with van der Waals surface area (Å²) in [6.07, 6.45) is 5.38. The largest absolute Gasteiger partial charge is 0.464 e. The molecule has 0 saturated carbocycles. The van der Waals surface area contributed by atoms with Crippen LogP contribution in [-0.2, 0) is 11.2 Å². The van der Waals surface area contributed by atoms with Crippen LogP contribution in [0.5, 0.6) is 0 Å². The van der Waals surface area contributed by atoms with Gasteiger partial charge in [-0.2, -0.15) is 0 Å². The second-order valence-corrected chi connectivity index (χ2v) is 5.28. The first kappa shape index (κ1) is 13.1. The molecule has 3 heterocycles. The zero-order chi connectivity index (χ0) is 13.9. The number of aromatic nitrogens is 2. The summed E-state index contributed by atoms with van der Waals surface area (Å²) in [4.78, 5) is 16.4. The highest BCUT2D eigenvalue weighted by Crippen LogP contribution is 2.17. The Bertz CT molecular complexity index is 615. The van der Waals surface area contributed by atoms with Crippen LogP contribution < -0.4 is 5.32 Å². The minimum absolute atomic E-state index is 0.334. The molecular formula is C15H19N3O2. The molecule has 3 rings (SSSR count). The van der Waals surface area contributed by atoms with Gasteiger partial charge in [0, 0.05) is 6.20 Å².